The van der Waals surface area contributed by atoms with Crippen molar-refractivity contribution in [1.29, 1.82) is 0 Å². The van der Waals surface area contributed by atoms with Crippen LogP contribution in [-0.4, -0.2) is 31.4 Å². The van der Waals surface area contributed by atoms with Gasteiger partial charge in [0.2, 0.25) is 0 Å². The van der Waals surface area contributed by atoms with E-state index in [1.54, 1.807) is 7.11 Å². The van der Waals surface area contributed by atoms with Gasteiger partial charge in [0.1, 0.15) is 5.75 Å². The second kappa shape index (κ2) is 3.26. The van der Waals surface area contributed by atoms with Crippen LogP contribution in [0.1, 0.15) is 17.2 Å². The van der Waals surface area contributed by atoms with Gasteiger partial charge in [-0.2, -0.15) is 0 Å². The minimum atomic E-state index is 0.553. The predicted octanol–water partition coefficient (Wildman–Crippen LogP) is 1.64. The number of benzene rings is 1. The van der Waals surface area contributed by atoms with Gasteiger partial charge in [-0.1, -0.05) is 6.07 Å². The van der Waals surface area contributed by atoms with Gasteiger partial charge < -0.3 is 9.64 Å². The molecular weight excluding hydrogens is 188 g/mol. The third kappa shape index (κ3) is 1.30. The average molecular weight is 202 g/mol. The summed E-state index contributed by atoms with van der Waals surface area (Å²) in [5.74, 6) is 0.960. The molecule has 0 fully saturated rings. The van der Waals surface area contributed by atoms with Crippen LogP contribution in [0.5, 0.6) is 5.75 Å². The van der Waals surface area contributed by atoms with Crippen molar-refractivity contribution in [3.63, 3.8) is 0 Å². The molecule has 1 aliphatic heterocycles. The lowest BCUT2D eigenvalue weighted by Crippen LogP contribution is -2.34. The molecule has 2 aliphatic rings. The van der Waals surface area contributed by atoms with Gasteiger partial charge in [-0.25, -0.2) is 0 Å². The molecule has 0 amide bonds. The topological polar surface area (TPSA) is 24.8 Å². The Balaban J connectivity index is 1.84. The van der Waals surface area contributed by atoms with Crippen LogP contribution >= 0.6 is 0 Å². The number of nitrogens with zero attached hydrogens (tertiary/aromatic N) is 2. The monoisotopic (exact) mass is 202 g/mol. The van der Waals surface area contributed by atoms with Gasteiger partial charge in [-0.3, -0.25) is 4.99 Å². The number of fused-ring (bicyclic) bond motifs is 1. The summed E-state index contributed by atoms with van der Waals surface area (Å²) in [6.45, 7) is 2.01. The fourth-order valence-corrected chi connectivity index (χ4v) is 2.32. The van der Waals surface area contributed by atoms with Crippen molar-refractivity contribution in [1.82, 2.24) is 4.90 Å². The van der Waals surface area contributed by atoms with Gasteiger partial charge in [-0.15, -0.1) is 0 Å². The Hall–Kier alpha value is -1.51. The highest BCUT2D eigenvalue weighted by molar-refractivity contribution is 5.60. The number of methoxy groups -OCH3 is 1. The standard InChI is InChI=1S/C12H14N2O/c1-15-10-2-3-11-9(6-10)7-12(11)14-5-4-13-8-14/h2-3,6,8,12H,4-5,7H2,1H3. The van der Waals surface area contributed by atoms with E-state index in [-0.39, 0.29) is 0 Å². The van der Waals surface area contributed by atoms with E-state index < -0.39 is 0 Å². The fourth-order valence-electron chi connectivity index (χ4n) is 2.32. The third-order valence-electron chi connectivity index (χ3n) is 3.24. The minimum absolute atomic E-state index is 0.553. The Labute approximate surface area is 89.4 Å². The summed E-state index contributed by atoms with van der Waals surface area (Å²) < 4.78 is 5.20. The summed E-state index contributed by atoms with van der Waals surface area (Å²) in [7, 11) is 1.71. The first kappa shape index (κ1) is 8.77. The van der Waals surface area contributed by atoms with Crippen molar-refractivity contribution in [2.45, 2.75) is 12.5 Å². The van der Waals surface area contributed by atoms with Crippen LogP contribution in [0.25, 0.3) is 0 Å². The highest BCUT2D eigenvalue weighted by atomic mass is 16.5. The van der Waals surface area contributed by atoms with Crippen LogP contribution in [0.15, 0.2) is 23.2 Å². The van der Waals surface area contributed by atoms with E-state index >= 15 is 0 Å². The largest absolute Gasteiger partial charge is 0.497 e. The summed E-state index contributed by atoms with van der Waals surface area (Å²) in [5.41, 5.74) is 2.85. The highest BCUT2D eigenvalue weighted by Crippen LogP contribution is 2.39. The zero-order chi connectivity index (χ0) is 10.3. The van der Waals surface area contributed by atoms with Gasteiger partial charge in [0.25, 0.3) is 0 Å². The van der Waals surface area contributed by atoms with Gasteiger partial charge in [0, 0.05) is 6.54 Å². The lowest BCUT2D eigenvalue weighted by atomic mass is 9.82. The fraction of sp³-hybridized carbons (Fsp3) is 0.417. The van der Waals surface area contributed by atoms with Crippen LogP contribution in [0.3, 0.4) is 0 Å². The van der Waals surface area contributed by atoms with Crippen LogP contribution < -0.4 is 4.74 Å². The molecule has 15 heavy (non-hydrogen) atoms. The summed E-state index contributed by atoms with van der Waals surface area (Å²) >= 11 is 0. The molecule has 0 bridgehead atoms. The lowest BCUT2D eigenvalue weighted by Gasteiger charge is -2.36. The molecular formula is C12H14N2O. The third-order valence-corrected chi connectivity index (χ3v) is 3.24. The normalized spacial score (nSPS) is 22.5. The first-order valence-corrected chi connectivity index (χ1v) is 5.31. The van der Waals surface area contributed by atoms with Crippen molar-refractivity contribution >= 4 is 6.34 Å². The molecule has 0 saturated heterocycles. The summed E-state index contributed by atoms with van der Waals surface area (Å²) in [5, 5.41) is 0. The zero-order valence-electron chi connectivity index (χ0n) is 8.81. The van der Waals surface area contributed by atoms with Gasteiger partial charge in [0.05, 0.1) is 26.0 Å². The molecule has 0 radical (unpaired) electrons. The van der Waals surface area contributed by atoms with E-state index in [1.165, 1.54) is 11.1 Å². The maximum Gasteiger partial charge on any atom is 0.119 e. The van der Waals surface area contributed by atoms with Crippen LogP contribution in [0.2, 0.25) is 0 Å². The summed E-state index contributed by atoms with van der Waals surface area (Å²) in [6, 6.07) is 6.91. The summed E-state index contributed by atoms with van der Waals surface area (Å²) in [4.78, 5) is 6.58. The van der Waals surface area contributed by atoms with Crippen molar-refractivity contribution in [2.24, 2.45) is 4.99 Å². The van der Waals surface area contributed by atoms with E-state index in [9.17, 15) is 0 Å². The van der Waals surface area contributed by atoms with E-state index in [4.69, 9.17) is 4.74 Å². The maximum atomic E-state index is 5.20. The molecule has 1 heterocycles. The number of hydrogen-bond donors (Lipinski definition) is 0. The smallest absolute Gasteiger partial charge is 0.119 e. The van der Waals surface area contributed by atoms with Crippen molar-refractivity contribution < 1.29 is 4.74 Å². The average Bonchev–Trinajstić information content (AvgIpc) is 2.73. The second-order valence-corrected chi connectivity index (χ2v) is 4.04. The van der Waals surface area contributed by atoms with Crippen LogP contribution in [-0.2, 0) is 6.42 Å². The zero-order valence-corrected chi connectivity index (χ0v) is 8.81. The number of hydrogen-bond acceptors (Lipinski definition) is 3. The maximum absolute atomic E-state index is 5.20. The quantitative estimate of drug-likeness (QED) is 0.728. The number of aliphatic imine (C=N–C) groups is 1. The molecule has 3 heteroatoms. The van der Waals surface area contributed by atoms with Crippen molar-refractivity contribution in [3.05, 3.63) is 29.3 Å². The predicted molar refractivity (Wildman–Crippen MR) is 59.5 cm³/mol. The molecule has 1 aromatic carbocycles. The van der Waals surface area contributed by atoms with E-state index in [0.29, 0.717) is 6.04 Å². The SMILES string of the molecule is COc1ccc2c(c1)CC2N1C=NCC1. The molecule has 1 atom stereocenters. The first-order chi connectivity index (χ1) is 7.38. The molecule has 0 aromatic heterocycles. The molecule has 3 nitrogen and oxygen atoms in total. The van der Waals surface area contributed by atoms with Gasteiger partial charge in [0.15, 0.2) is 0 Å². The molecule has 1 aromatic rings. The van der Waals surface area contributed by atoms with Crippen molar-refractivity contribution in [2.75, 3.05) is 20.2 Å². The van der Waals surface area contributed by atoms with E-state index in [2.05, 4.69) is 22.0 Å². The summed E-state index contributed by atoms with van der Waals surface area (Å²) in [6.07, 6.45) is 3.11. The van der Waals surface area contributed by atoms with Gasteiger partial charge in [-0.05, 0) is 29.7 Å². The minimum Gasteiger partial charge on any atom is -0.497 e. The Morgan fingerprint density at radius 3 is 3.07 bits per heavy atom. The molecule has 3 rings (SSSR count). The molecule has 0 spiro atoms. The Kier molecular flexibility index (Phi) is 1.91. The molecule has 0 saturated carbocycles. The van der Waals surface area contributed by atoms with Gasteiger partial charge >= 0.3 is 0 Å². The number of rotatable bonds is 2. The van der Waals surface area contributed by atoms with Crippen LogP contribution in [0.4, 0.5) is 0 Å². The van der Waals surface area contributed by atoms with E-state index in [0.717, 1.165) is 25.3 Å². The molecule has 0 N–H and O–H groups in total. The molecule has 1 aliphatic carbocycles. The van der Waals surface area contributed by atoms with Crippen molar-refractivity contribution in [3.8, 4) is 5.75 Å². The van der Waals surface area contributed by atoms with Crippen LogP contribution in [0, 0.1) is 0 Å². The Bertz CT molecular complexity index is 414. The highest BCUT2D eigenvalue weighted by Gasteiger charge is 2.31. The lowest BCUT2D eigenvalue weighted by molar-refractivity contribution is 0.315. The Morgan fingerprint density at radius 2 is 2.40 bits per heavy atom. The molecule has 1 unspecified atom stereocenters. The first-order valence-electron chi connectivity index (χ1n) is 5.31. The number of ether oxygens (including phenoxy) is 1. The Morgan fingerprint density at radius 1 is 1.47 bits per heavy atom. The molecule has 78 valence electrons. The van der Waals surface area contributed by atoms with E-state index in [1.807, 2.05) is 12.4 Å². The second-order valence-electron chi connectivity index (χ2n) is 4.04.